The minimum atomic E-state index is 0.360. The summed E-state index contributed by atoms with van der Waals surface area (Å²) in [7, 11) is 0. The van der Waals surface area contributed by atoms with Gasteiger partial charge in [-0.15, -0.1) is 0 Å². The van der Waals surface area contributed by atoms with Crippen LogP contribution in [0.2, 0.25) is 0 Å². The van der Waals surface area contributed by atoms with Gasteiger partial charge in [0.1, 0.15) is 0 Å². The van der Waals surface area contributed by atoms with Gasteiger partial charge in [-0.1, -0.05) is 75.2 Å². The first-order valence-corrected chi connectivity index (χ1v) is 10.7. The van der Waals surface area contributed by atoms with Crippen molar-refractivity contribution in [2.45, 2.75) is 19.3 Å². The molecule has 0 amide bonds. The maximum absolute atomic E-state index is 5.12. The van der Waals surface area contributed by atoms with Crippen LogP contribution < -0.4 is 0 Å². The number of aromatic nitrogens is 1. The largest absolute Gasteiger partial charge is 0.247 e. The van der Waals surface area contributed by atoms with Crippen LogP contribution in [0.25, 0.3) is 33.3 Å². The molecule has 0 saturated heterocycles. The van der Waals surface area contributed by atoms with Crippen LogP contribution in [0.4, 0.5) is 0 Å². The fourth-order valence-electron chi connectivity index (χ4n) is 4.33. The van der Waals surface area contributed by atoms with Gasteiger partial charge in [-0.05, 0) is 59.0 Å². The van der Waals surface area contributed by atoms with Gasteiger partial charge in [0.05, 0.1) is 11.2 Å². The highest BCUT2D eigenvalue weighted by Gasteiger charge is 2.33. The highest BCUT2D eigenvalue weighted by atomic mass is 79.9. The number of rotatable bonds is 2. The van der Waals surface area contributed by atoms with Gasteiger partial charge in [-0.25, -0.2) is 4.98 Å². The predicted molar refractivity (Wildman–Crippen MR) is 120 cm³/mol. The van der Waals surface area contributed by atoms with E-state index in [-0.39, 0.29) is 0 Å². The Morgan fingerprint density at radius 3 is 2.41 bits per heavy atom. The van der Waals surface area contributed by atoms with Crippen LogP contribution >= 0.6 is 31.9 Å². The van der Waals surface area contributed by atoms with Gasteiger partial charge in [0, 0.05) is 25.8 Å². The van der Waals surface area contributed by atoms with Gasteiger partial charge >= 0.3 is 0 Å². The number of hydrogen-bond donors (Lipinski definition) is 0. The fraction of sp³-hybridized carbons (Fsp3) is 0.125. The molecule has 0 bridgehead atoms. The first-order chi connectivity index (χ1) is 13.2. The van der Waals surface area contributed by atoms with E-state index in [1.807, 2.05) is 0 Å². The maximum atomic E-state index is 5.12. The fourth-order valence-corrected chi connectivity index (χ4v) is 5.07. The second-order valence-corrected chi connectivity index (χ2v) is 8.80. The number of fused-ring (bicyclic) bond motifs is 4. The van der Waals surface area contributed by atoms with E-state index in [2.05, 4.69) is 106 Å². The molecular weight excluding hydrogens is 462 g/mol. The van der Waals surface area contributed by atoms with Crippen LogP contribution in [-0.4, -0.2) is 4.98 Å². The van der Waals surface area contributed by atoms with Crippen molar-refractivity contribution in [1.82, 2.24) is 4.98 Å². The monoisotopic (exact) mass is 477 g/mol. The third kappa shape index (κ3) is 2.67. The average molecular weight is 479 g/mol. The van der Waals surface area contributed by atoms with Crippen LogP contribution in [0.1, 0.15) is 30.4 Å². The Hall–Kier alpha value is -1.97. The predicted octanol–water partition coefficient (Wildman–Crippen LogP) is 7.95. The molecule has 0 radical (unpaired) electrons. The van der Waals surface area contributed by atoms with Crippen molar-refractivity contribution in [2.24, 2.45) is 0 Å². The second kappa shape index (κ2) is 6.57. The number of hydrogen-bond acceptors (Lipinski definition) is 1. The molecule has 1 aliphatic rings. The lowest BCUT2D eigenvalue weighted by Crippen LogP contribution is -2.00. The molecule has 0 fully saturated rings. The molecule has 3 aromatic carbocycles. The SMILES string of the molecule is CCC1c2cc(Br)ccc2-c2nc3ccc(Br)cc3c(-c3ccccc3)c21. The molecule has 1 heterocycles. The second-order valence-electron chi connectivity index (χ2n) is 6.97. The Morgan fingerprint density at radius 1 is 0.889 bits per heavy atom. The molecule has 0 N–H and O–H groups in total. The molecule has 1 nitrogen and oxygen atoms in total. The van der Waals surface area contributed by atoms with Crippen molar-refractivity contribution in [1.29, 1.82) is 0 Å². The zero-order valence-electron chi connectivity index (χ0n) is 14.8. The van der Waals surface area contributed by atoms with Gasteiger partial charge in [0.2, 0.25) is 0 Å². The summed E-state index contributed by atoms with van der Waals surface area (Å²) in [6.07, 6.45) is 1.05. The van der Waals surface area contributed by atoms with Gasteiger partial charge in [-0.3, -0.25) is 0 Å². The summed E-state index contributed by atoms with van der Waals surface area (Å²) in [6, 6.07) is 23.7. The molecule has 1 atom stereocenters. The van der Waals surface area contributed by atoms with Crippen molar-refractivity contribution >= 4 is 42.8 Å². The van der Waals surface area contributed by atoms with E-state index >= 15 is 0 Å². The number of pyridine rings is 1. The van der Waals surface area contributed by atoms with Gasteiger partial charge in [-0.2, -0.15) is 0 Å². The van der Waals surface area contributed by atoms with Crippen molar-refractivity contribution in [3.63, 3.8) is 0 Å². The molecule has 132 valence electrons. The molecule has 1 aromatic heterocycles. The van der Waals surface area contributed by atoms with Crippen LogP contribution in [-0.2, 0) is 0 Å². The van der Waals surface area contributed by atoms with Crippen LogP contribution in [0.5, 0.6) is 0 Å². The zero-order valence-corrected chi connectivity index (χ0v) is 18.0. The van der Waals surface area contributed by atoms with Gasteiger partial charge in [0.15, 0.2) is 0 Å². The van der Waals surface area contributed by atoms with E-state index in [1.165, 1.54) is 33.2 Å². The molecular formula is C24H17Br2N. The van der Waals surface area contributed by atoms with Crippen molar-refractivity contribution in [2.75, 3.05) is 0 Å². The number of nitrogens with zero attached hydrogens (tertiary/aromatic N) is 1. The Labute approximate surface area is 175 Å². The topological polar surface area (TPSA) is 12.9 Å². The third-order valence-corrected chi connectivity index (χ3v) is 6.43. The highest BCUT2D eigenvalue weighted by molar-refractivity contribution is 9.10. The van der Waals surface area contributed by atoms with Gasteiger partial charge < -0.3 is 0 Å². The van der Waals surface area contributed by atoms with Crippen molar-refractivity contribution in [3.05, 3.63) is 86.8 Å². The normalized spacial score (nSPS) is 15.0. The van der Waals surface area contributed by atoms with E-state index in [9.17, 15) is 0 Å². The average Bonchev–Trinajstić information content (AvgIpc) is 2.99. The molecule has 0 aliphatic heterocycles. The van der Waals surface area contributed by atoms with E-state index in [4.69, 9.17) is 4.98 Å². The Balaban J connectivity index is 1.95. The Morgan fingerprint density at radius 2 is 1.63 bits per heavy atom. The molecule has 1 aliphatic carbocycles. The quantitative estimate of drug-likeness (QED) is 0.284. The molecule has 5 rings (SSSR count). The first-order valence-electron chi connectivity index (χ1n) is 9.15. The number of benzene rings is 3. The maximum Gasteiger partial charge on any atom is 0.0757 e. The molecule has 4 aromatic rings. The van der Waals surface area contributed by atoms with Crippen LogP contribution in [0.15, 0.2) is 75.7 Å². The lowest BCUT2D eigenvalue weighted by molar-refractivity contribution is 0.798. The summed E-state index contributed by atoms with van der Waals surface area (Å²) in [6.45, 7) is 2.27. The molecule has 0 spiro atoms. The van der Waals surface area contributed by atoms with Crippen molar-refractivity contribution in [3.8, 4) is 22.4 Å². The summed E-state index contributed by atoms with van der Waals surface area (Å²) in [5.74, 6) is 0.360. The van der Waals surface area contributed by atoms with E-state index in [0.29, 0.717) is 5.92 Å². The summed E-state index contributed by atoms with van der Waals surface area (Å²) in [5, 5.41) is 1.21. The zero-order chi connectivity index (χ0) is 18.5. The lowest BCUT2D eigenvalue weighted by atomic mass is 9.87. The standard InChI is InChI=1S/C24H17Br2N/c1-2-17-19-12-15(25)8-10-18(19)24-23(17)22(14-6-4-3-5-7-14)20-13-16(26)9-11-21(20)27-24/h3-13,17H,2H2,1H3. The molecule has 0 saturated carbocycles. The van der Waals surface area contributed by atoms with Gasteiger partial charge in [0.25, 0.3) is 0 Å². The summed E-state index contributed by atoms with van der Waals surface area (Å²) >= 11 is 7.31. The molecule has 27 heavy (non-hydrogen) atoms. The van der Waals surface area contributed by atoms with E-state index in [0.717, 1.165) is 26.6 Å². The number of halogens is 2. The van der Waals surface area contributed by atoms with E-state index < -0.39 is 0 Å². The lowest BCUT2D eigenvalue weighted by Gasteiger charge is -2.18. The third-order valence-electron chi connectivity index (χ3n) is 5.45. The Kier molecular flexibility index (Phi) is 4.18. The smallest absolute Gasteiger partial charge is 0.0757 e. The summed E-state index contributed by atoms with van der Waals surface area (Å²) in [4.78, 5) is 5.12. The van der Waals surface area contributed by atoms with Crippen LogP contribution in [0.3, 0.4) is 0 Å². The summed E-state index contributed by atoms with van der Waals surface area (Å²) < 4.78 is 2.21. The minimum Gasteiger partial charge on any atom is -0.247 e. The Bertz CT molecular complexity index is 1180. The summed E-state index contributed by atoms with van der Waals surface area (Å²) in [5.41, 5.74) is 8.76. The molecule has 3 heteroatoms. The first kappa shape index (κ1) is 17.2. The van der Waals surface area contributed by atoms with Crippen molar-refractivity contribution < 1.29 is 0 Å². The highest BCUT2D eigenvalue weighted by Crippen LogP contribution is 2.51. The minimum absolute atomic E-state index is 0.360. The van der Waals surface area contributed by atoms with Crippen LogP contribution in [0, 0.1) is 0 Å². The van der Waals surface area contributed by atoms with E-state index in [1.54, 1.807) is 0 Å². The molecule has 1 unspecified atom stereocenters.